The largest absolute Gasteiger partial charge is 0.324 e. The van der Waals surface area contributed by atoms with Crippen molar-refractivity contribution in [3.05, 3.63) is 77.1 Å². The normalized spacial score (nSPS) is 10.4. The zero-order chi connectivity index (χ0) is 18.5. The fourth-order valence-electron chi connectivity index (χ4n) is 2.73. The zero-order valence-electron chi connectivity index (χ0n) is 15.2. The van der Waals surface area contributed by atoms with Crippen LogP contribution in [0.3, 0.4) is 0 Å². The Bertz CT molecular complexity index is 937. The van der Waals surface area contributed by atoms with Gasteiger partial charge in [0.2, 0.25) is 5.95 Å². The molecule has 2 N–H and O–H groups in total. The molecule has 0 aliphatic carbocycles. The second-order valence-corrected chi connectivity index (χ2v) is 6.18. The highest BCUT2D eigenvalue weighted by molar-refractivity contribution is 6.03. The highest BCUT2D eigenvalue weighted by Crippen LogP contribution is 2.20. The summed E-state index contributed by atoms with van der Waals surface area (Å²) in [6.07, 6.45) is 0.899. The summed E-state index contributed by atoms with van der Waals surface area (Å²) in [6, 6.07) is 17.4. The molecule has 0 radical (unpaired) electrons. The lowest BCUT2D eigenvalue weighted by atomic mass is 10.1. The number of rotatable bonds is 5. The third-order valence-electron chi connectivity index (χ3n) is 4.01. The van der Waals surface area contributed by atoms with Crippen LogP contribution >= 0.6 is 0 Å². The number of nitrogens with one attached hydrogen (secondary N) is 2. The van der Waals surface area contributed by atoms with Gasteiger partial charge < -0.3 is 10.6 Å². The van der Waals surface area contributed by atoms with Gasteiger partial charge in [-0.3, -0.25) is 4.79 Å². The first-order chi connectivity index (χ1) is 12.5. The molecule has 0 aliphatic rings. The van der Waals surface area contributed by atoms with Gasteiger partial charge in [-0.15, -0.1) is 0 Å². The van der Waals surface area contributed by atoms with Gasteiger partial charge in [-0.1, -0.05) is 37.3 Å². The van der Waals surface area contributed by atoms with Gasteiger partial charge in [0, 0.05) is 17.1 Å². The van der Waals surface area contributed by atoms with Crippen LogP contribution in [0, 0.1) is 13.8 Å². The summed E-state index contributed by atoms with van der Waals surface area (Å²) in [7, 11) is 0. The molecule has 3 rings (SSSR count). The number of aryl methyl sites for hydroxylation is 3. The molecule has 2 aromatic carbocycles. The fraction of sp³-hybridized carbons (Fsp3) is 0.190. The lowest BCUT2D eigenvalue weighted by Gasteiger charge is -2.11. The Morgan fingerprint density at radius 2 is 1.81 bits per heavy atom. The average Bonchev–Trinajstić information content (AvgIpc) is 2.61. The van der Waals surface area contributed by atoms with Gasteiger partial charge in [0.05, 0.1) is 0 Å². The molecule has 0 bridgehead atoms. The topological polar surface area (TPSA) is 66.9 Å². The first-order valence-corrected chi connectivity index (χ1v) is 8.64. The molecule has 132 valence electrons. The summed E-state index contributed by atoms with van der Waals surface area (Å²) in [5, 5.41) is 6.11. The van der Waals surface area contributed by atoms with Crippen molar-refractivity contribution >= 4 is 23.2 Å². The number of hydrogen-bond acceptors (Lipinski definition) is 4. The first kappa shape index (κ1) is 17.6. The van der Waals surface area contributed by atoms with E-state index in [0.717, 1.165) is 29.1 Å². The van der Waals surface area contributed by atoms with E-state index in [9.17, 15) is 4.79 Å². The van der Waals surface area contributed by atoms with Gasteiger partial charge in [-0.05, 0) is 55.7 Å². The van der Waals surface area contributed by atoms with Crippen molar-refractivity contribution in [2.75, 3.05) is 10.6 Å². The molecule has 5 heteroatoms. The molecule has 3 aromatic rings. The SMILES string of the molecule is CCc1ccccc1Nc1nc(C)cc(C(=O)Nc2cccc(C)c2)n1. The summed E-state index contributed by atoms with van der Waals surface area (Å²) >= 11 is 0. The van der Waals surface area contributed by atoms with E-state index in [2.05, 4.69) is 33.6 Å². The number of para-hydroxylation sites is 1. The van der Waals surface area contributed by atoms with E-state index in [1.807, 2.05) is 56.3 Å². The second kappa shape index (κ2) is 7.78. The molecule has 0 saturated carbocycles. The number of benzene rings is 2. The predicted octanol–water partition coefficient (Wildman–Crippen LogP) is 4.65. The van der Waals surface area contributed by atoms with E-state index in [1.54, 1.807) is 6.07 Å². The monoisotopic (exact) mass is 346 g/mol. The molecule has 26 heavy (non-hydrogen) atoms. The Morgan fingerprint density at radius 1 is 1.00 bits per heavy atom. The Hall–Kier alpha value is -3.21. The van der Waals surface area contributed by atoms with E-state index >= 15 is 0 Å². The van der Waals surface area contributed by atoms with Crippen LogP contribution in [-0.4, -0.2) is 15.9 Å². The minimum absolute atomic E-state index is 0.257. The van der Waals surface area contributed by atoms with Crippen LogP contribution < -0.4 is 10.6 Å². The Morgan fingerprint density at radius 3 is 2.58 bits per heavy atom. The molecule has 0 fully saturated rings. The van der Waals surface area contributed by atoms with Gasteiger partial charge in [0.25, 0.3) is 5.91 Å². The van der Waals surface area contributed by atoms with E-state index in [0.29, 0.717) is 11.6 Å². The van der Waals surface area contributed by atoms with Crippen molar-refractivity contribution in [2.45, 2.75) is 27.2 Å². The van der Waals surface area contributed by atoms with Crippen LogP contribution in [0.1, 0.15) is 34.2 Å². The van der Waals surface area contributed by atoms with Crippen molar-refractivity contribution in [3.63, 3.8) is 0 Å². The minimum atomic E-state index is -0.257. The Balaban J connectivity index is 1.84. The third kappa shape index (κ3) is 4.25. The van der Waals surface area contributed by atoms with Gasteiger partial charge in [0.15, 0.2) is 0 Å². The van der Waals surface area contributed by atoms with Crippen LogP contribution in [0.2, 0.25) is 0 Å². The maximum Gasteiger partial charge on any atom is 0.274 e. The molecule has 0 atom stereocenters. The molecule has 0 aliphatic heterocycles. The van der Waals surface area contributed by atoms with Crippen LogP contribution in [0.15, 0.2) is 54.6 Å². The summed E-state index contributed by atoms with van der Waals surface area (Å²) in [5.41, 5.74) is 5.01. The molecule has 1 amide bonds. The van der Waals surface area contributed by atoms with Crippen LogP contribution in [0.5, 0.6) is 0 Å². The van der Waals surface area contributed by atoms with E-state index in [-0.39, 0.29) is 5.91 Å². The van der Waals surface area contributed by atoms with Crippen molar-refractivity contribution in [3.8, 4) is 0 Å². The van der Waals surface area contributed by atoms with Gasteiger partial charge in [-0.25, -0.2) is 9.97 Å². The summed E-state index contributed by atoms with van der Waals surface area (Å²) in [4.78, 5) is 21.4. The van der Waals surface area contributed by atoms with E-state index in [4.69, 9.17) is 0 Å². The Labute approximate surface area is 153 Å². The molecule has 5 nitrogen and oxygen atoms in total. The number of anilines is 3. The van der Waals surface area contributed by atoms with Crippen LogP contribution in [0.25, 0.3) is 0 Å². The fourth-order valence-corrected chi connectivity index (χ4v) is 2.73. The smallest absolute Gasteiger partial charge is 0.274 e. The lowest BCUT2D eigenvalue weighted by Crippen LogP contribution is -2.15. The molecule has 0 saturated heterocycles. The van der Waals surface area contributed by atoms with Crippen molar-refractivity contribution < 1.29 is 4.79 Å². The molecular weight excluding hydrogens is 324 g/mol. The van der Waals surface area contributed by atoms with Gasteiger partial charge in [-0.2, -0.15) is 0 Å². The van der Waals surface area contributed by atoms with Crippen LogP contribution in [-0.2, 0) is 6.42 Å². The number of aromatic nitrogens is 2. The number of amides is 1. The highest BCUT2D eigenvalue weighted by atomic mass is 16.1. The maximum atomic E-state index is 12.6. The number of carbonyl (C=O) groups is 1. The minimum Gasteiger partial charge on any atom is -0.324 e. The number of carbonyl (C=O) groups excluding carboxylic acids is 1. The van der Waals surface area contributed by atoms with E-state index in [1.165, 1.54) is 5.56 Å². The Kier molecular flexibility index (Phi) is 5.27. The third-order valence-corrected chi connectivity index (χ3v) is 4.01. The molecule has 1 aromatic heterocycles. The zero-order valence-corrected chi connectivity index (χ0v) is 15.2. The predicted molar refractivity (Wildman–Crippen MR) is 105 cm³/mol. The quantitative estimate of drug-likeness (QED) is 0.705. The highest BCUT2D eigenvalue weighted by Gasteiger charge is 2.12. The van der Waals surface area contributed by atoms with Crippen molar-refractivity contribution in [1.82, 2.24) is 9.97 Å². The average molecular weight is 346 g/mol. The second-order valence-electron chi connectivity index (χ2n) is 6.18. The van der Waals surface area contributed by atoms with Gasteiger partial charge in [0.1, 0.15) is 5.69 Å². The van der Waals surface area contributed by atoms with Crippen molar-refractivity contribution in [2.24, 2.45) is 0 Å². The number of hydrogen-bond donors (Lipinski definition) is 2. The van der Waals surface area contributed by atoms with Crippen molar-refractivity contribution in [1.29, 1.82) is 0 Å². The maximum absolute atomic E-state index is 12.6. The molecular formula is C21H22N4O. The van der Waals surface area contributed by atoms with E-state index < -0.39 is 0 Å². The summed E-state index contributed by atoms with van der Waals surface area (Å²) in [5.74, 6) is 0.160. The first-order valence-electron chi connectivity index (χ1n) is 8.64. The lowest BCUT2D eigenvalue weighted by molar-refractivity contribution is 0.102. The standard InChI is InChI=1S/C21H22N4O/c1-4-16-9-5-6-11-18(16)24-21-22-15(3)13-19(25-21)20(26)23-17-10-7-8-14(2)12-17/h5-13H,4H2,1-3H3,(H,23,26)(H,22,24,25). The molecule has 0 spiro atoms. The summed E-state index contributed by atoms with van der Waals surface area (Å²) in [6.45, 7) is 5.93. The molecule has 0 unspecified atom stereocenters. The van der Waals surface area contributed by atoms with Crippen LogP contribution in [0.4, 0.5) is 17.3 Å². The number of nitrogens with zero attached hydrogens (tertiary/aromatic N) is 2. The molecule has 1 heterocycles. The van der Waals surface area contributed by atoms with Gasteiger partial charge >= 0.3 is 0 Å². The summed E-state index contributed by atoms with van der Waals surface area (Å²) < 4.78 is 0.